The molecule has 0 fully saturated rings. The molecule has 10 heteroatoms. The Hall–Kier alpha value is -3.14. The zero-order valence-electron chi connectivity index (χ0n) is 16.1. The zero-order valence-corrected chi connectivity index (χ0v) is 16.9. The first-order valence-corrected chi connectivity index (χ1v) is 10.3. The molecule has 1 aromatic carbocycles. The number of carbonyl (C=O) groups is 1. The van der Waals surface area contributed by atoms with Gasteiger partial charge in [-0.3, -0.25) is 18.6 Å². The van der Waals surface area contributed by atoms with Gasteiger partial charge in [-0.15, -0.1) is 10.2 Å². The van der Waals surface area contributed by atoms with E-state index in [9.17, 15) is 9.59 Å². The molecule has 1 N–H and O–H groups in total. The molecule has 0 aliphatic heterocycles. The van der Waals surface area contributed by atoms with Gasteiger partial charge < -0.3 is 9.84 Å². The average Bonchev–Trinajstić information content (AvgIpc) is 3.32. The minimum atomic E-state index is -0.233. The Morgan fingerprint density at radius 2 is 2.10 bits per heavy atom. The van der Waals surface area contributed by atoms with Gasteiger partial charge in [0, 0.05) is 12.6 Å². The zero-order chi connectivity index (χ0) is 20.4. The van der Waals surface area contributed by atoms with E-state index in [2.05, 4.69) is 27.6 Å². The van der Waals surface area contributed by atoms with Crippen molar-refractivity contribution in [3.05, 3.63) is 46.4 Å². The normalized spacial score (nSPS) is 11.4. The third-order valence-electron chi connectivity index (χ3n) is 4.44. The van der Waals surface area contributed by atoms with E-state index >= 15 is 0 Å². The van der Waals surface area contributed by atoms with Crippen LogP contribution in [0.15, 0.2) is 44.8 Å². The average molecular weight is 412 g/mol. The SMILES string of the molecule is CCCCn1c(=O)c2ccccc2n2c(SCC(=O)Nc3cc(C)on3)nnc12. The van der Waals surface area contributed by atoms with Gasteiger partial charge in [-0.2, -0.15) is 0 Å². The maximum absolute atomic E-state index is 12.9. The second-order valence-electron chi connectivity index (χ2n) is 6.61. The number of nitrogens with one attached hydrogen (secondary N) is 1. The number of aromatic nitrogens is 5. The lowest BCUT2D eigenvalue weighted by Crippen LogP contribution is -2.23. The van der Waals surface area contributed by atoms with Crippen molar-refractivity contribution in [1.82, 2.24) is 24.3 Å². The lowest BCUT2D eigenvalue weighted by atomic mass is 10.2. The second kappa shape index (κ2) is 8.08. The maximum atomic E-state index is 12.9. The summed E-state index contributed by atoms with van der Waals surface area (Å²) in [6, 6.07) is 9.01. The molecule has 0 aliphatic carbocycles. The van der Waals surface area contributed by atoms with Gasteiger partial charge in [0.2, 0.25) is 11.7 Å². The van der Waals surface area contributed by atoms with Crippen LogP contribution in [-0.2, 0) is 11.3 Å². The molecule has 4 rings (SSSR count). The number of unbranched alkanes of at least 4 members (excludes halogenated alkanes) is 1. The Kier molecular flexibility index (Phi) is 5.34. The van der Waals surface area contributed by atoms with Crippen molar-refractivity contribution < 1.29 is 9.32 Å². The van der Waals surface area contributed by atoms with Crippen molar-refractivity contribution in [1.29, 1.82) is 0 Å². The van der Waals surface area contributed by atoms with E-state index in [1.54, 1.807) is 23.6 Å². The molecule has 0 saturated heterocycles. The number of fused-ring (bicyclic) bond motifs is 3. The fourth-order valence-electron chi connectivity index (χ4n) is 3.08. The number of nitrogens with zero attached hydrogens (tertiary/aromatic N) is 5. The van der Waals surface area contributed by atoms with Crippen LogP contribution in [0.4, 0.5) is 5.82 Å². The van der Waals surface area contributed by atoms with Crippen molar-refractivity contribution in [2.75, 3.05) is 11.1 Å². The predicted octanol–water partition coefficient (Wildman–Crippen LogP) is 2.87. The van der Waals surface area contributed by atoms with Crippen LogP contribution in [0.25, 0.3) is 16.7 Å². The summed E-state index contributed by atoms with van der Waals surface area (Å²) in [6.45, 7) is 4.39. The minimum Gasteiger partial charge on any atom is -0.360 e. The van der Waals surface area contributed by atoms with Crippen LogP contribution in [0, 0.1) is 6.92 Å². The number of rotatable bonds is 7. The molecular formula is C19H20N6O3S. The van der Waals surface area contributed by atoms with E-state index in [0.717, 1.165) is 18.4 Å². The Morgan fingerprint density at radius 1 is 1.28 bits per heavy atom. The molecular weight excluding hydrogens is 392 g/mol. The largest absolute Gasteiger partial charge is 0.360 e. The molecule has 0 atom stereocenters. The molecule has 0 bridgehead atoms. The molecule has 3 heterocycles. The molecule has 1 amide bonds. The molecule has 0 radical (unpaired) electrons. The Labute approximate surface area is 170 Å². The summed E-state index contributed by atoms with van der Waals surface area (Å²) < 4.78 is 8.44. The van der Waals surface area contributed by atoms with Gasteiger partial charge in [0.25, 0.3) is 5.56 Å². The van der Waals surface area contributed by atoms with Gasteiger partial charge in [-0.25, -0.2) is 0 Å². The molecule has 4 aromatic rings. The van der Waals surface area contributed by atoms with Crippen LogP contribution in [0.5, 0.6) is 0 Å². The number of thioether (sulfide) groups is 1. The third-order valence-corrected chi connectivity index (χ3v) is 5.37. The smallest absolute Gasteiger partial charge is 0.262 e. The lowest BCUT2D eigenvalue weighted by Gasteiger charge is -2.10. The summed E-state index contributed by atoms with van der Waals surface area (Å²) >= 11 is 1.25. The van der Waals surface area contributed by atoms with Gasteiger partial charge in [-0.05, 0) is 25.5 Å². The summed E-state index contributed by atoms with van der Waals surface area (Å²) in [5.74, 6) is 1.36. The van der Waals surface area contributed by atoms with Crippen LogP contribution >= 0.6 is 11.8 Å². The quantitative estimate of drug-likeness (QED) is 0.465. The maximum Gasteiger partial charge on any atom is 0.262 e. The van der Waals surface area contributed by atoms with Crippen LogP contribution in [0.2, 0.25) is 0 Å². The summed E-state index contributed by atoms with van der Waals surface area (Å²) in [7, 11) is 0. The molecule has 0 spiro atoms. The standard InChI is InChI=1S/C19H20N6O3S/c1-3-4-9-24-17(27)13-7-5-6-8-14(13)25-18(24)21-22-19(25)29-11-16(26)20-15-10-12(2)28-23-15/h5-8,10H,3-4,9,11H2,1-2H3,(H,20,23,26). The van der Waals surface area contributed by atoms with E-state index in [1.165, 1.54) is 11.8 Å². The van der Waals surface area contributed by atoms with Crippen LogP contribution < -0.4 is 10.9 Å². The molecule has 0 saturated carbocycles. The van der Waals surface area contributed by atoms with Gasteiger partial charge in [-0.1, -0.05) is 42.4 Å². The van der Waals surface area contributed by atoms with Crippen molar-refractivity contribution in [2.45, 2.75) is 38.4 Å². The monoisotopic (exact) mass is 412 g/mol. The molecule has 9 nitrogen and oxygen atoms in total. The fourth-order valence-corrected chi connectivity index (χ4v) is 3.82. The van der Waals surface area contributed by atoms with Gasteiger partial charge >= 0.3 is 0 Å². The summed E-state index contributed by atoms with van der Waals surface area (Å²) in [5, 5.41) is 16.1. The van der Waals surface area contributed by atoms with E-state index < -0.39 is 0 Å². The highest BCUT2D eigenvalue weighted by molar-refractivity contribution is 7.99. The summed E-state index contributed by atoms with van der Waals surface area (Å²) in [5.41, 5.74) is 0.643. The molecule has 29 heavy (non-hydrogen) atoms. The predicted molar refractivity (Wildman–Crippen MR) is 110 cm³/mol. The van der Waals surface area contributed by atoms with Crippen molar-refractivity contribution >= 4 is 40.2 Å². The van der Waals surface area contributed by atoms with Crippen LogP contribution in [0.3, 0.4) is 0 Å². The minimum absolute atomic E-state index is 0.0790. The number of benzene rings is 1. The number of hydrogen-bond donors (Lipinski definition) is 1. The van der Waals surface area contributed by atoms with E-state index in [4.69, 9.17) is 4.52 Å². The summed E-state index contributed by atoms with van der Waals surface area (Å²) in [6.07, 6.45) is 1.83. The van der Waals surface area contributed by atoms with Gasteiger partial charge in [0.15, 0.2) is 11.0 Å². The first-order chi connectivity index (χ1) is 14.1. The number of carbonyl (C=O) groups excluding carboxylic acids is 1. The highest BCUT2D eigenvalue weighted by Gasteiger charge is 2.17. The van der Waals surface area contributed by atoms with Crippen molar-refractivity contribution in [3.63, 3.8) is 0 Å². The molecule has 3 aromatic heterocycles. The van der Waals surface area contributed by atoms with Crippen LogP contribution in [-0.4, -0.2) is 36.0 Å². The van der Waals surface area contributed by atoms with E-state index in [0.29, 0.717) is 34.4 Å². The number of para-hydroxylation sites is 1. The van der Waals surface area contributed by atoms with E-state index in [-0.39, 0.29) is 17.2 Å². The lowest BCUT2D eigenvalue weighted by molar-refractivity contribution is -0.113. The number of hydrogen-bond acceptors (Lipinski definition) is 7. The highest BCUT2D eigenvalue weighted by atomic mass is 32.2. The number of anilines is 1. The first kappa shape index (κ1) is 19.2. The third kappa shape index (κ3) is 3.75. The van der Waals surface area contributed by atoms with Crippen molar-refractivity contribution in [2.24, 2.45) is 0 Å². The Morgan fingerprint density at radius 3 is 2.86 bits per heavy atom. The molecule has 150 valence electrons. The first-order valence-electron chi connectivity index (χ1n) is 9.31. The Balaban J connectivity index is 1.67. The van der Waals surface area contributed by atoms with E-state index in [1.807, 2.05) is 22.6 Å². The Bertz CT molecular complexity index is 1240. The molecule has 0 unspecified atom stereocenters. The number of aryl methyl sites for hydroxylation is 2. The van der Waals surface area contributed by atoms with Crippen LogP contribution in [0.1, 0.15) is 25.5 Å². The summed E-state index contributed by atoms with van der Waals surface area (Å²) in [4.78, 5) is 25.2. The fraction of sp³-hybridized carbons (Fsp3) is 0.316. The molecule has 0 aliphatic rings. The topological polar surface area (TPSA) is 107 Å². The highest BCUT2D eigenvalue weighted by Crippen LogP contribution is 2.22. The van der Waals surface area contributed by atoms with Gasteiger partial charge in [0.1, 0.15) is 5.76 Å². The number of amides is 1. The second-order valence-corrected chi connectivity index (χ2v) is 7.55. The van der Waals surface area contributed by atoms with Crippen molar-refractivity contribution in [3.8, 4) is 0 Å². The van der Waals surface area contributed by atoms with Gasteiger partial charge in [0.05, 0.1) is 16.7 Å².